The van der Waals surface area contributed by atoms with E-state index in [0.29, 0.717) is 4.71 Å². The summed E-state index contributed by atoms with van der Waals surface area (Å²) in [6.45, 7) is 4.07. The Morgan fingerprint density at radius 3 is 2.50 bits per heavy atom. The van der Waals surface area contributed by atoms with Crippen molar-refractivity contribution in [2.45, 2.75) is 13.8 Å². The third kappa shape index (κ3) is 1.28. The molecule has 0 bridgehead atoms. The van der Waals surface area contributed by atoms with Crippen molar-refractivity contribution >= 4 is 34.2 Å². The van der Waals surface area contributed by atoms with Crippen molar-refractivity contribution in [2.75, 3.05) is 0 Å². The minimum Gasteiger partial charge on any atom is -0.464 e. The van der Waals surface area contributed by atoms with Gasteiger partial charge in [0.25, 0.3) is 0 Å². The fourth-order valence-electron chi connectivity index (χ4n) is 1.97. The van der Waals surface area contributed by atoms with Crippen molar-refractivity contribution in [3.8, 4) is 0 Å². The molecule has 0 fully saturated rings. The topological polar surface area (TPSA) is 26.3 Å². The van der Waals surface area contributed by atoms with E-state index in [0.717, 1.165) is 33.1 Å². The number of hydrogen-bond acceptors (Lipinski definition) is 3. The molecule has 0 atom stereocenters. The molecule has 0 amide bonds. The molecule has 1 aromatic carbocycles. The lowest BCUT2D eigenvalue weighted by Crippen LogP contribution is -1.79. The van der Waals surface area contributed by atoms with Crippen molar-refractivity contribution in [1.29, 1.82) is 0 Å². The molecule has 2 nitrogen and oxygen atoms in total. The summed E-state index contributed by atoms with van der Waals surface area (Å²) in [4.78, 5) is 0. The second-order valence-electron chi connectivity index (χ2n) is 4.01. The molecule has 0 saturated carbocycles. The zero-order valence-corrected chi connectivity index (χ0v) is 9.85. The van der Waals surface area contributed by atoms with Crippen LogP contribution >= 0.6 is 12.2 Å². The maximum atomic E-state index is 5.51. The fourth-order valence-corrected chi connectivity index (χ4v) is 2.23. The molecule has 0 N–H and O–H groups in total. The number of rotatable bonds is 0. The molecular formula is C13H10O2S. The van der Waals surface area contributed by atoms with Crippen molar-refractivity contribution < 1.29 is 8.83 Å². The largest absolute Gasteiger partial charge is 0.464 e. The van der Waals surface area contributed by atoms with Crippen LogP contribution in [0.5, 0.6) is 0 Å². The van der Waals surface area contributed by atoms with Gasteiger partial charge in [0.05, 0.1) is 6.26 Å². The summed E-state index contributed by atoms with van der Waals surface area (Å²) in [6, 6.07) is 5.87. The normalized spacial score (nSPS) is 11.4. The standard InChI is InChI=1S/C13H10O2S/c1-7-3-13(16)15-12-5-11-10(4-9(7)12)8(2)6-14-11/h3-6H,1-2H3. The maximum absolute atomic E-state index is 5.51. The van der Waals surface area contributed by atoms with Gasteiger partial charge in [0.15, 0.2) is 4.71 Å². The quantitative estimate of drug-likeness (QED) is 0.531. The van der Waals surface area contributed by atoms with E-state index in [9.17, 15) is 0 Å². The van der Waals surface area contributed by atoms with Crippen LogP contribution in [0.3, 0.4) is 0 Å². The van der Waals surface area contributed by atoms with Crippen LogP contribution in [0.1, 0.15) is 11.1 Å². The Balaban J connectivity index is 2.58. The fraction of sp³-hybridized carbons (Fsp3) is 0.154. The van der Waals surface area contributed by atoms with Crippen LogP contribution in [0, 0.1) is 18.6 Å². The van der Waals surface area contributed by atoms with Gasteiger partial charge in [-0.25, -0.2) is 0 Å². The summed E-state index contributed by atoms with van der Waals surface area (Å²) in [5.74, 6) is 0. The Kier molecular flexibility index (Phi) is 1.91. The Bertz CT molecular complexity index is 750. The van der Waals surface area contributed by atoms with E-state index in [1.54, 1.807) is 6.26 Å². The molecule has 0 unspecified atom stereocenters. The third-order valence-electron chi connectivity index (χ3n) is 2.84. The summed E-state index contributed by atoms with van der Waals surface area (Å²) in [6.07, 6.45) is 1.76. The highest BCUT2D eigenvalue weighted by atomic mass is 32.1. The van der Waals surface area contributed by atoms with Crippen LogP contribution in [0.4, 0.5) is 0 Å². The molecule has 0 spiro atoms. The van der Waals surface area contributed by atoms with E-state index in [1.165, 1.54) is 0 Å². The van der Waals surface area contributed by atoms with E-state index in [1.807, 2.05) is 26.0 Å². The molecule has 3 aromatic rings. The molecule has 2 aromatic heterocycles. The molecule has 80 valence electrons. The van der Waals surface area contributed by atoms with Gasteiger partial charge in [0.2, 0.25) is 0 Å². The average Bonchev–Trinajstić information content (AvgIpc) is 2.57. The van der Waals surface area contributed by atoms with Gasteiger partial charge in [-0.05, 0) is 49.3 Å². The number of furan rings is 1. The molecule has 3 rings (SSSR count). The highest BCUT2D eigenvalue weighted by Gasteiger charge is 2.07. The zero-order valence-electron chi connectivity index (χ0n) is 9.03. The first-order valence-corrected chi connectivity index (χ1v) is 5.48. The predicted octanol–water partition coefficient (Wildman–Crippen LogP) is 4.53. The highest BCUT2D eigenvalue weighted by Crippen LogP contribution is 2.28. The van der Waals surface area contributed by atoms with Gasteiger partial charge in [0, 0.05) is 16.8 Å². The van der Waals surface area contributed by atoms with Crippen LogP contribution in [-0.2, 0) is 0 Å². The molecular weight excluding hydrogens is 220 g/mol. The summed E-state index contributed by atoms with van der Waals surface area (Å²) in [5.41, 5.74) is 3.90. The van der Waals surface area contributed by atoms with Crippen LogP contribution in [-0.4, -0.2) is 0 Å². The first-order chi connectivity index (χ1) is 7.65. The lowest BCUT2D eigenvalue weighted by molar-refractivity contribution is 0.581. The molecule has 0 saturated heterocycles. The van der Waals surface area contributed by atoms with Crippen molar-refractivity contribution in [1.82, 2.24) is 0 Å². The van der Waals surface area contributed by atoms with Gasteiger partial charge < -0.3 is 8.83 Å². The molecule has 3 heteroatoms. The summed E-state index contributed by atoms with van der Waals surface area (Å²) < 4.78 is 11.5. The smallest absolute Gasteiger partial charge is 0.191 e. The van der Waals surface area contributed by atoms with Crippen LogP contribution in [0.15, 0.2) is 33.3 Å². The van der Waals surface area contributed by atoms with E-state index in [-0.39, 0.29) is 0 Å². The molecule has 0 radical (unpaired) electrons. The van der Waals surface area contributed by atoms with Crippen molar-refractivity contribution in [3.63, 3.8) is 0 Å². The minimum atomic E-state index is 0.507. The van der Waals surface area contributed by atoms with Gasteiger partial charge in [0.1, 0.15) is 11.2 Å². The Morgan fingerprint density at radius 1 is 0.938 bits per heavy atom. The predicted molar refractivity (Wildman–Crippen MR) is 66.3 cm³/mol. The SMILES string of the molecule is Cc1coc2cc3oc(=S)cc(C)c3cc12. The summed E-state index contributed by atoms with van der Waals surface area (Å²) >= 11 is 5.06. The van der Waals surface area contributed by atoms with Crippen molar-refractivity contribution in [3.05, 3.63) is 40.3 Å². The van der Waals surface area contributed by atoms with Gasteiger partial charge in [-0.2, -0.15) is 0 Å². The first kappa shape index (κ1) is 9.60. The van der Waals surface area contributed by atoms with Crippen LogP contribution < -0.4 is 0 Å². The Hall–Kier alpha value is -1.61. The lowest BCUT2D eigenvalue weighted by Gasteiger charge is -2.01. The van der Waals surface area contributed by atoms with Gasteiger partial charge in [-0.3, -0.25) is 0 Å². The molecule has 0 aliphatic carbocycles. The summed E-state index contributed by atoms with van der Waals surface area (Å²) in [7, 11) is 0. The molecule has 0 aliphatic heterocycles. The van der Waals surface area contributed by atoms with E-state index >= 15 is 0 Å². The Morgan fingerprint density at radius 2 is 1.69 bits per heavy atom. The summed E-state index contributed by atoms with van der Waals surface area (Å²) in [5, 5.41) is 2.22. The number of fused-ring (bicyclic) bond motifs is 2. The number of hydrogen-bond donors (Lipinski definition) is 0. The Labute approximate surface area is 97.5 Å². The second-order valence-corrected chi connectivity index (χ2v) is 4.41. The van der Waals surface area contributed by atoms with Gasteiger partial charge in [-0.1, -0.05) is 0 Å². The molecule has 16 heavy (non-hydrogen) atoms. The third-order valence-corrected chi connectivity index (χ3v) is 3.04. The molecule has 2 heterocycles. The average molecular weight is 230 g/mol. The number of benzene rings is 1. The van der Waals surface area contributed by atoms with E-state index in [2.05, 4.69) is 6.07 Å². The highest BCUT2D eigenvalue weighted by molar-refractivity contribution is 7.71. The monoisotopic (exact) mass is 230 g/mol. The van der Waals surface area contributed by atoms with Crippen molar-refractivity contribution in [2.24, 2.45) is 0 Å². The second kappa shape index (κ2) is 3.19. The molecule has 0 aliphatic rings. The van der Waals surface area contributed by atoms with Crippen LogP contribution in [0.25, 0.3) is 21.9 Å². The minimum absolute atomic E-state index is 0.507. The van der Waals surface area contributed by atoms with Crippen LogP contribution in [0.2, 0.25) is 0 Å². The number of aryl methyl sites for hydroxylation is 2. The van der Waals surface area contributed by atoms with Gasteiger partial charge in [-0.15, -0.1) is 0 Å². The van der Waals surface area contributed by atoms with E-state index < -0.39 is 0 Å². The first-order valence-electron chi connectivity index (χ1n) is 5.07. The zero-order chi connectivity index (χ0) is 11.3. The van der Waals surface area contributed by atoms with Gasteiger partial charge >= 0.3 is 0 Å². The maximum Gasteiger partial charge on any atom is 0.191 e. The lowest BCUT2D eigenvalue weighted by atomic mass is 10.1. The van der Waals surface area contributed by atoms with E-state index in [4.69, 9.17) is 21.1 Å².